The number of nitrogens with zero attached hydrogens (tertiary/aromatic N) is 2. The summed E-state index contributed by atoms with van der Waals surface area (Å²) in [5.74, 6) is -0.502. The summed E-state index contributed by atoms with van der Waals surface area (Å²) in [4.78, 5) is 24.2. The Hall–Kier alpha value is -1.46. The smallest absolute Gasteiger partial charge is 0.306 e. The van der Waals surface area contributed by atoms with E-state index in [-0.39, 0.29) is 24.2 Å². The van der Waals surface area contributed by atoms with Gasteiger partial charge in [-0.3, -0.25) is 9.59 Å². The molecule has 1 heterocycles. The van der Waals surface area contributed by atoms with Crippen molar-refractivity contribution in [1.82, 2.24) is 0 Å². The molecule has 0 bridgehead atoms. The van der Waals surface area contributed by atoms with Crippen molar-refractivity contribution in [2.24, 2.45) is 10.2 Å². The van der Waals surface area contributed by atoms with E-state index >= 15 is 0 Å². The Kier molecular flexibility index (Phi) is 25.8. The molecule has 0 aliphatic carbocycles. The van der Waals surface area contributed by atoms with E-state index in [4.69, 9.17) is 9.47 Å². The van der Waals surface area contributed by atoms with Gasteiger partial charge in [-0.25, -0.2) is 0 Å². The van der Waals surface area contributed by atoms with Crippen molar-refractivity contribution in [3.63, 3.8) is 0 Å². The molecule has 6 heteroatoms. The van der Waals surface area contributed by atoms with Gasteiger partial charge in [0.05, 0.1) is 0 Å². The number of hydrogen-bond acceptors (Lipinski definition) is 6. The molecule has 1 aliphatic heterocycles. The molecule has 0 spiro atoms. The zero-order valence-corrected chi connectivity index (χ0v) is 28.5. The van der Waals surface area contributed by atoms with Gasteiger partial charge in [0.2, 0.25) is 0 Å². The molecule has 1 rings (SSSR count). The fourth-order valence-electron chi connectivity index (χ4n) is 5.79. The highest BCUT2D eigenvalue weighted by Crippen LogP contribution is 2.38. The van der Waals surface area contributed by atoms with Crippen LogP contribution in [0.2, 0.25) is 0 Å². The minimum Gasteiger partial charge on any atom is -0.462 e. The van der Waals surface area contributed by atoms with Gasteiger partial charge in [0, 0.05) is 12.8 Å². The summed E-state index contributed by atoms with van der Waals surface area (Å²) in [6.45, 7) is 8.38. The Morgan fingerprint density at radius 3 is 1.33 bits per heavy atom. The maximum Gasteiger partial charge on any atom is 0.306 e. The molecule has 0 aromatic heterocycles. The lowest BCUT2D eigenvalue weighted by Crippen LogP contribution is -2.22. The van der Waals surface area contributed by atoms with Crippen LogP contribution in [0.25, 0.3) is 0 Å². The Bertz CT molecular complexity index is 690. The van der Waals surface area contributed by atoms with Crippen LogP contribution in [-0.4, -0.2) is 30.3 Å². The fourth-order valence-corrected chi connectivity index (χ4v) is 5.79. The highest BCUT2D eigenvalue weighted by Gasteiger charge is 2.38. The zero-order chi connectivity index (χ0) is 31.3. The number of unbranched alkanes of at least 4 members (excludes halogenated alkanes) is 22. The van der Waals surface area contributed by atoms with Crippen LogP contribution in [-0.2, 0) is 19.1 Å². The highest BCUT2D eigenvalue weighted by molar-refractivity contribution is 5.70. The van der Waals surface area contributed by atoms with Crippen LogP contribution >= 0.6 is 0 Å². The SMILES string of the molecule is [CH2]C(COC(=O)CCCCCCCCCCCCCCCCC)OC(=O)CCCCC1(CCCCCCCCCC)N=N1. The lowest BCUT2D eigenvalue weighted by Gasteiger charge is -2.14. The molecule has 0 saturated heterocycles. The van der Waals surface area contributed by atoms with Crippen molar-refractivity contribution in [2.45, 2.75) is 212 Å². The van der Waals surface area contributed by atoms with Crippen molar-refractivity contribution in [1.29, 1.82) is 0 Å². The maximum absolute atomic E-state index is 12.2. The summed E-state index contributed by atoms with van der Waals surface area (Å²) in [7, 11) is 0. The molecule has 1 aliphatic rings. The van der Waals surface area contributed by atoms with Gasteiger partial charge in [0.15, 0.2) is 5.66 Å². The molecule has 6 nitrogen and oxygen atoms in total. The third-order valence-corrected chi connectivity index (χ3v) is 8.73. The predicted molar refractivity (Wildman–Crippen MR) is 179 cm³/mol. The first-order valence-electron chi connectivity index (χ1n) is 18.6. The second-order valence-corrected chi connectivity index (χ2v) is 13.1. The summed E-state index contributed by atoms with van der Waals surface area (Å²) in [6.07, 6.45) is 33.8. The molecule has 251 valence electrons. The molecule has 0 fully saturated rings. The number of carbonyl (C=O) groups is 2. The van der Waals surface area contributed by atoms with Gasteiger partial charge in [0.1, 0.15) is 12.7 Å². The Labute approximate surface area is 266 Å². The first kappa shape index (κ1) is 39.6. The van der Waals surface area contributed by atoms with Gasteiger partial charge < -0.3 is 9.47 Å². The highest BCUT2D eigenvalue weighted by atomic mass is 16.6. The molecule has 0 amide bonds. The second kappa shape index (κ2) is 28.0. The molecule has 1 atom stereocenters. The van der Waals surface area contributed by atoms with Gasteiger partial charge in [0.25, 0.3) is 0 Å². The first-order valence-corrected chi connectivity index (χ1v) is 18.6. The molecular weight excluding hydrogens is 536 g/mol. The monoisotopic (exact) mass is 606 g/mol. The van der Waals surface area contributed by atoms with E-state index in [1.165, 1.54) is 135 Å². The van der Waals surface area contributed by atoms with E-state index < -0.39 is 6.10 Å². The molecule has 0 N–H and O–H groups in total. The van der Waals surface area contributed by atoms with Gasteiger partial charge in [-0.05, 0) is 45.4 Å². The first-order chi connectivity index (χ1) is 21.0. The quantitative estimate of drug-likeness (QED) is 0.0550. The Morgan fingerprint density at radius 1 is 0.535 bits per heavy atom. The van der Waals surface area contributed by atoms with Gasteiger partial charge >= 0.3 is 11.9 Å². The predicted octanol–water partition coefficient (Wildman–Crippen LogP) is 11.8. The van der Waals surface area contributed by atoms with E-state index in [0.29, 0.717) is 12.8 Å². The summed E-state index contributed by atoms with van der Waals surface area (Å²) in [6, 6.07) is 0. The fraction of sp³-hybridized carbons (Fsp3) is 0.919. The minimum absolute atomic E-state index is 0.0305. The van der Waals surface area contributed by atoms with Gasteiger partial charge in [-0.2, -0.15) is 10.2 Å². The van der Waals surface area contributed by atoms with Crippen molar-refractivity contribution >= 4 is 11.9 Å². The summed E-state index contributed by atoms with van der Waals surface area (Å²) < 4.78 is 10.6. The zero-order valence-electron chi connectivity index (χ0n) is 28.5. The average molecular weight is 606 g/mol. The van der Waals surface area contributed by atoms with Crippen molar-refractivity contribution in [3.8, 4) is 0 Å². The van der Waals surface area contributed by atoms with Crippen LogP contribution in [0, 0.1) is 6.92 Å². The average Bonchev–Trinajstić information content (AvgIpc) is 3.77. The minimum atomic E-state index is -0.653. The Balaban J connectivity index is 1.87. The van der Waals surface area contributed by atoms with Crippen LogP contribution in [0.15, 0.2) is 10.2 Å². The largest absolute Gasteiger partial charge is 0.462 e. The van der Waals surface area contributed by atoms with Crippen molar-refractivity contribution in [2.75, 3.05) is 6.61 Å². The molecule has 1 unspecified atom stereocenters. The van der Waals surface area contributed by atoms with E-state index in [1.54, 1.807) is 0 Å². The molecule has 0 aromatic carbocycles. The van der Waals surface area contributed by atoms with Crippen LogP contribution in [0.1, 0.15) is 200 Å². The second-order valence-electron chi connectivity index (χ2n) is 13.1. The third-order valence-electron chi connectivity index (χ3n) is 8.73. The van der Waals surface area contributed by atoms with E-state index in [9.17, 15) is 9.59 Å². The molecular formula is C37H69N2O4. The number of rotatable bonds is 33. The summed E-state index contributed by atoms with van der Waals surface area (Å²) in [5.41, 5.74) is -0.165. The molecule has 1 radical (unpaired) electrons. The lowest BCUT2D eigenvalue weighted by atomic mass is 9.98. The normalized spacial score (nSPS) is 14.1. The standard InChI is InChI=1S/C37H69N2O4/c1-4-6-8-10-12-14-15-16-17-18-19-20-21-23-25-29-35(40)42-33-34(3)43-36(41)30-26-28-32-37(38-39-37)31-27-24-22-13-11-9-7-5-2/h34H,3-33H2,1-2H3. The van der Waals surface area contributed by atoms with Crippen LogP contribution < -0.4 is 0 Å². The van der Waals surface area contributed by atoms with E-state index in [1.807, 2.05) is 0 Å². The maximum atomic E-state index is 12.2. The number of carbonyl (C=O) groups excluding carboxylic acids is 2. The number of hydrogen-bond donors (Lipinski definition) is 0. The topological polar surface area (TPSA) is 77.3 Å². The summed E-state index contributed by atoms with van der Waals surface area (Å²) in [5, 5.41) is 8.62. The molecule has 0 saturated carbocycles. The van der Waals surface area contributed by atoms with Crippen LogP contribution in [0.3, 0.4) is 0 Å². The number of ether oxygens (including phenoxy) is 2. The third kappa shape index (κ3) is 25.6. The van der Waals surface area contributed by atoms with Crippen molar-refractivity contribution in [3.05, 3.63) is 6.92 Å². The summed E-state index contributed by atoms with van der Waals surface area (Å²) >= 11 is 0. The Morgan fingerprint density at radius 2 is 0.884 bits per heavy atom. The van der Waals surface area contributed by atoms with Crippen LogP contribution in [0.4, 0.5) is 0 Å². The van der Waals surface area contributed by atoms with Gasteiger partial charge in [-0.1, -0.05) is 149 Å². The van der Waals surface area contributed by atoms with Crippen LogP contribution in [0.5, 0.6) is 0 Å². The van der Waals surface area contributed by atoms with E-state index in [0.717, 1.165) is 38.5 Å². The van der Waals surface area contributed by atoms with Crippen molar-refractivity contribution < 1.29 is 19.1 Å². The lowest BCUT2D eigenvalue weighted by molar-refractivity contribution is -0.156. The number of esters is 2. The molecule has 43 heavy (non-hydrogen) atoms. The van der Waals surface area contributed by atoms with Gasteiger partial charge in [-0.15, -0.1) is 0 Å². The van der Waals surface area contributed by atoms with E-state index in [2.05, 4.69) is 31.0 Å². The molecule has 0 aromatic rings.